The molecule has 4 heteroatoms. The van der Waals surface area contributed by atoms with E-state index >= 15 is 0 Å². The van der Waals surface area contributed by atoms with Crippen LogP contribution in [0.3, 0.4) is 0 Å². The zero-order valence-electron chi connectivity index (χ0n) is 9.51. The predicted octanol–water partition coefficient (Wildman–Crippen LogP) is 2.94. The summed E-state index contributed by atoms with van der Waals surface area (Å²) in [5.41, 5.74) is 0.836. The van der Waals surface area contributed by atoms with Crippen LogP contribution in [-0.2, 0) is 10.7 Å². The number of rotatable bonds is 4. The third-order valence-corrected chi connectivity index (χ3v) is 2.36. The van der Waals surface area contributed by atoms with Crippen LogP contribution >= 0.6 is 0 Å². The van der Waals surface area contributed by atoms with E-state index in [0.29, 0.717) is 11.1 Å². The smallest absolute Gasteiger partial charge is 0.296 e. The Kier molecular flexibility index (Phi) is 3.75. The zero-order valence-corrected chi connectivity index (χ0v) is 9.51. The molecule has 0 aliphatic carbocycles. The second kappa shape index (κ2) is 4.70. The molecule has 0 radical (unpaired) electrons. The maximum atomic E-state index is 13.5. The normalized spacial score (nSPS) is 11.6. The fourth-order valence-electron chi connectivity index (χ4n) is 1.49. The SMILES string of the molecule is COCC(F)(F)c1ccc(C)c(C(C)=O)c1. The number of carbonyl (C=O) groups excluding carboxylic acids is 1. The Morgan fingerprint density at radius 2 is 2.06 bits per heavy atom. The average molecular weight is 228 g/mol. The number of aryl methyl sites for hydroxylation is 1. The highest BCUT2D eigenvalue weighted by molar-refractivity contribution is 5.95. The molecule has 88 valence electrons. The van der Waals surface area contributed by atoms with Gasteiger partial charge >= 0.3 is 0 Å². The van der Waals surface area contributed by atoms with E-state index < -0.39 is 12.5 Å². The van der Waals surface area contributed by atoms with Gasteiger partial charge in [-0.1, -0.05) is 12.1 Å². The van der Waals surface area contributed by atoms with E-state index in [2.05, 4.69) is 4.74 Å². The third-order valence-electron chi connectivity index (χ3n) is 2.36. The van der Waals surface area contributed by atoms with Gasteiger partial charge in [0, 0.05) is 18.2 Å². The van der Waals surface area contributed by atoms with Gasteiger partial charge in [-0.25, -0.2) is 0 Å². The second-order valence-corrected chi connectivity index (χ2v) is 3.72. The van der Waals surface area contributed by atoms with Gasteiger partial charge in [-0.3, -0.25) is 4.79 Å². The van der Waals surface area contributed by atoms with Crippen molar-refractivity contribution >= 4 is 5.78 Å². The van der Waals surface area contributed by atoms with E-state index in [-0.39, 0.29) is 11.3 Å². The van der Waals surface area contributed by atoms with Crippen molar-refractivity contribution in [1.82, 2.24) is 0 Å². The van der Waals surface area contributed by atoms with Gasteiger partial charge in [-0.2, -0.15) is 8.78 Å². The minimum absolute atomic E-state index is 0.190. The van der Waals surface area contributed by atoms with E-state index in [1.807, 2.05) is 0 Å². The number of halogens is 2. The lowest BCUT2D eigenvalue weighted by molar-refractivity contribution is -0.0698. The summed E-state index contributed by atoms with van der Waals surface area (Å²) in [7, 11) is 1.22. The summed E-state index contributed by atoms with van der Waals surface area (Å²) < 4.78 is 31.4. The second-order valence-electron chi connectivity index (χ2n) is 3.72. The zero-order chi connectivity index (χ0) is 12.3. The molecule has 0 saturated heterocycles. The molecule has 0 atom stereocenters. The molecule has 1 aromatic carbocycles. The highest BCUT2D eigenvalue weighted by Gasteiger charge is 2.32. The first kappa shape index (κ1) is 12.8. The molecule has 0 aromatic heterocycles. The molecule has 1 rings (SSSR count). The summed E-state index contributed by atoms with van der Waals surface area (Å²) in [4.78, 5) is 11.2. The van der Waals surface area contributed by atoms with E-state index in [0.717, 1.165) is 0 Å². The van der Waals surface area contributed by atoms with Crippen molar-refractivity contribution < 1.29 is 18.3 Å². The van der Waals surface area contributed by atoms with Crippen molar-refractivity contribution in [3.8, 4) is 0 Å². The first-order chi connectivity index (χ1) is 7.38. The molecule has 0 bridgehead atoms. The molecule has 0 aliphatic rings. The number of ether oxygens (including phenoxy) is 1. The maximum Gasteiger partial charge on any atom is 0.296 e. The first-order valence-electron chi connectivity index (χ1n) is 4.87. The molecule has 1 aromatic rings. The number of carbonyl (C=O) groups is 1. The third kappa shape index (κ3) is 2.64. The molecular formula is C12H14F2O2. The Morgan fingerprint density at radius 1 is 1.44 bits per heavy atom. The van der Waals surface area contributed by atoms with Crippen LogP contribution in [-0.4, -0.2) is 19.5 Å². The summed E-state index contributed by atoms with van der Waals surface area (Å²) in [6.07, 6.45) is 0. The van der Waals surface area contributed by atoms with Crippen LogP contribution in [0.5, 0.6) is 0 Å². The van der Waals surface area contributed by atoms with E-state index in [9.17, 15) is 13.6 Å². The minimum Gasteiger partial charge on any atom is -0.378 e. The lowest BCUT2D eigenvalue weighted by Crippen LogP contribution is -2.20. The van der Waals surface area contributed by atoms with Crippen molar-refractivity contribution in [3.05, 3.63) is 34.9 Å². The maximum absolute atomic E-state index is 13.5. The quantitative estimate of drug-likeness (QED) is 0.740. The van der Waals surface area contributed by atoms with Crippen LogP contribution in [0.2, 0.25) is 0 Å². The molecule has 0 heterocycles. The van der Waals surface area contributed by atoms with E-state index in [1.54, 1.807) is 6.92 Å². The average Bonchev–Trinajstić information content (AvgIpc) is 2.17. The highest BCUT2D eigenvalue weighted by Crippen LogP contribution is 2.29. The van der Waals surface area contributed by atoms with Crippen LogP contribution in [0.25, 0.3) is 0 Å². The number of ketones is 1. The predicted molar refractivity (Wildman–Crippen MR) is 57.0 cm³/mol. The molecule has 0 aliphatic heterocycles. The summed E-state index contributed by atoms with van der Waals surface area (Å²) >= 11 is 0. The standard InChI is InChI=1S/C12H14F2O2/c1-8-4-5-10(6-11(8)9(2)15)12(13,14)7-16-3/h4-6H,7H2,1-3H3. The lowest BCUT2D eigenvalue weighted by atomic mass is 9.99. The molecule has 2 nitrogen and oxygen atoms in total. The summed E-state index contributed by atoms with van der Waals surface area (Å²) in [6.45, 7) is 2.39. The Hall–Kier alpha value is -1.29. The van der Waals surface area contributed by atoms with Crippen molar-refractivity contribution in [3.63, 3.8) is 0 Å². The molecule has 0 unspecified atom stereocenters. The molecule has 0 fully saturated rings. The fourth-order valence-corrected chi connectivity index (χ4v) is 1.49. The van der Waals surface area contributed by atoms with Gasteiger partial charge in [0.25, 0.3) is 5.92 Å². The van der Waals surface area contributed by atoms with E-state index in [1.165, 1.54) is 32.2 Å². The lowest BCUT2D eigenvalue weighted by Gasteiger charge is -2.16. The Bertz CT molecular complexity index is 400. The number of hydrogen-bond acceptors (Lipinski definition) is 2. The monoisotopic (exact) mass is 228 g/mol. The highest BCUT2D eigenvalue weighted by atomic mass is 19.3. The molecular weight excluding hydrogens is 214 g/mol. The largest absolute Gasteiger partial charge is 0.378 e. The minimum atomic E-state index is -3.06. The number of hydrogen-bond donors (Lipinski definition) is 0. The molecule has 0 amide bonds. The topological polar surface area (TPSA) is 26.3 Å². The number of Topliss-reactive ketones (excluding diaryl/α,β-unsaturated/α-hetero) is 1. The molecule has 0 saturated carbocycles. The van der Waals surface area contributed by atoms with Gasteiger partial charge in [0.1, 0.15) is 6.61 Å². The van der Waals surface area contributed by atoms with Crippen molar-refractivity contribution in [1.29, 1.82) is 0 Å². The van der Waals surface area contributed by atoms with Gasteiger partial charge in [-0.15, -0.1) is 0 Å². The van der Waals surface area contributed by atoms with Gasteiger partial charge in [0.15, 0.2) is 5.78 Å². The van der Waals surface area contributed by atoms with Crippen molar-refractivity contribution in [2.24, 2.45) is 0 Å². The number of methoxy groups -OCH3 is 1. The van der Waals surface area contributed by atoms with Crippen LogP contribution in [0.15, 0.2) is 18.2 Å². The van der Waals surface area contributed by atoms with Crippen LogP contribution < -0.4 is 0 Å². The van der Waals surface area contributed by atoms with Crippen LogP contribution in [0, 0.1) is 6.92 Å². The van der Waals surface area contributed by atoms with Gasteiger partial charge in [-0.05, 0) is 25.5 Å². The van der Waals surface area contributed by atoms with Gasteiger partial charge < -0.3 is 4.74 Å². The Labute approximate surface area is 93.2 Å². The van der Waals surface area contributed by atoms with Gasteiger partial charge in [0.2, 0.25) is 0 Å². The van der Waals surface area contributed by atoms with Crippen LogP contribution in [0.1, 0.15) is 28.4 Å². The molecule has 0 N–H and O–H groups in total. The molecule has 16 heavy (non-hydrogen) atoms. The molecule has 0 spiro atoms. The number of alkyl halides is 2. The first-order valence-corrected chi connectivity index (χ1v) is 4.87. The summed E-state index contributed by atoms with van der Waals surface area (Å²) in [5, 5.41) is 0. The Balaban J connectivity index is 3.17. The van der Waals surface area contributed by atoms with Crippen molar-refractivity contribution in [2.45, 2.75) is 19.8 Å². The van der Waals surface area contributed by atoms with Crippen molar-refractivity contribution in [2.75, 3.05) is 13.7 Å². The summed E-state index contributed by atoms with van der Waals surface area (Å²) in [5.74, 6) is -3.28. The number of benzene rings is 1. The van der Waals surface area contributed by atoms with E-state index in [4.69, 9.17) is 0 Å². The fraction of sp³-hybridized carbons (Fsp3) is 0.417. The summed E-state index contributed by atoms with van der Waals surface area (Å²) in [6, 6.07) is 4.08. The van der Waals surface area contributed by atoms with Gasteiger partial charge in [0.05, 0.1) is 0 Å². The Morgan fingerprint density at radius 3 is 2.56 bits per heavy atom. The van der Waals surface area contributed by atoms with Crippen LogP contribution in [0.4, 0.5) is 8.78 Å².